The molecule has 3 heterocycles. The SMILES string of the molecule is COc1cccc(N2C(=S)N[C@H](c3ccccn3)[C@H]2c2cccn2-c2cccc(C)c2)c1. The molecular weight excluding hydrogens is 416 g/mol. The Morgan fingerprint density at radius 1 is 0.938 bits per heavy atom. The van der Waals surface area contributed by atoms with Gasteiger partial charge in [-0.05, 0) is 73.2 Å². The van der Waals surface area contributed by atoms with Gasteiger partial charge >= 0.3 is 0 Å². The van der Waals surface area contributed by atoms with E-state index < -0.39 is 0 Å². The minimum absolute atomic E-state index is 0.0972. The third-order valence-electron chi connectivity index (χ3n) is 5.79. The van der Waals surface area contributed by atoms with E-state index in [1.165, 1.54) is 5.56 Å². The van der Waals surface area contributed by atoms with Crippen LogP contribution in [0.15, 0.2) is 91.3 Å². The maximum atomic E-state index is 5.85. The molecule has 0 aliphatic carbocycles. The van der Waals surface area contributed by atoms with Crippen molar-refractivity contribution in [3.8, 4) is 11.4 Å². The molecule has 5 nitrogen and oxygen atoms in total. The summed E-state index contributed by atoms with van der Waals surface area (Å²) in [7, 11) is 1.68. The predicted molar refractivity (Wildman–Crippen MR) is 131 cm³/mol. The van der Waals surface area contributed by atoms with Crippen molar-refractivity contribution in [1.29, 1.82) is 0 Å². The number of aryl methyl sites for hydroxylation is 1. The monoisotopic (exact) mass is 440 g/mol. The van der Waals surface area contributed by atoms with Crippen LogP contribution in [-0.2, 0) is 0 Å². The number of thiocarbonyl (C=S) groups is 1. The Morgan fingerprint density at radius 2 is 1.78 bits per heavy atom. The molecule has 1 aliphatic rings. The van der Waals surface area contributed by atoms with E-state index in [1.54, 1.807) is 7.11 Å². The largest absolute Gasteiger partial charge is 0.497 e. The highest BCUT2D eigenvalue weighted by atomic mass is 32.1. The molecule has 1 aliphatic heterocycles. The van der Waals surface area contributed by atoms with Crippen molar-refractivity contribution in [2.24, 2.45) is 0 Å². The molecule has 1 fully saturated rings. The number of benzene rings is 2. The van der Waals surface area contributed by atoms with Crippen LogP contribution in [-0.4, -0.2) is 21.8 Å². The normalized spacial score (nSPS) is 17.9. The van der Waals surface area contributed by atoms with E-state index in [4.69, 9.17) is 17.0 Å². The second-order valence-electron chi connectivity index (χ2n) is 7.84. The Kier molecular flexibility index (Phi) is 5.37. The van der Waals surface area contributed by atoms with Crippen molar-refractivity contribution in [2.75, 3.05) is 12.0 Å². The van der Waals surface area contributed by atoms with Gasteiger partial charge in [-0.2, -0.15) is 0 Å². The minimum Gasteiger partial charge on any atom is -0.497 e. The first-order valence-corrected chi connectivity index (χ1v) is 11.0. The Balaban J connectivity index is 1.67. The lowest BCUT2D eigenvalue weighted by Gasteiger charge is -2.29. The van der Waals surface area contributed by atoms with Gasteiger partial charge in [-0.3, -0.25) is 4.98 Å². The zero-order chi connectivity index (χ0) is 22.1. The summed E-state index contributed by atoms with van der Waals surface area (Å²) in [5.74, 6) is 0.791. The van der Waals surface area contributed by atoms with E-state index in [9.17, 15) is 0 Å². The second kappa shape index (κ2) is 8.48. The highest BCUT2D eigenvalue weighted by Crippen LogP contribution is 2.42. The summed E-state index contributed by atoms with van der Waals surface area (Å²) in [6.07, 6.45) is 3.93. The highest BCUT2D eigenvalue weighted by molar-refractivity contribution is 7.80. The van der Waals surface area contributed by atoms with Gasteiger partial charge in [0.15, 0.2) is 5.11 Å². The summed E-state index contributed by atoms with van der Waals surface area (Å²) in [6.45, 7) is 2.11. The molecule has 32 heavy (non-hydrogen) atoms. The highest BCUT2D eigenvalue weighted by Gasteiger charge is 2.42. The van der Waals surface area contributed by atoms with Gasteiger partial charge in [0.2, 0.25) is 0 Å². The van der Waals surface area contributed by atoms with Crippen molar-refractivity contribution in [3.63, 3.8) is 0 Å². The van der Waals surface area contributed by atoms with Crippen LogP contribution >= 0.6 is 12.2 Å². The van der Waals surface area contributed by atoms with Crippen molar-refractivity contribution in [2.45, 2.75) is 19.0 Å². The topological polar surface area (TPSA) is 42.3 Å². The first-order chi connectivity index (χ1) is 15.7. The average molecular weight is 441 g/mol. The summed E-state index contributed by atoms with van der Waals surface area (Å²) in [4.78, 5) is 6.82. The Hall–Kier alpha value is -3.64. The van der Waals surface area contributed by atoms with E-state index in [0.717, 1.165) is 28.5 Å². The van der Waals surface area contributed by atoms with Crippen LogP contribution in [0.4, 0.5) is 5.69 Å². The van der Waals surface area contributed by atoms with Crippen molar-refractivity contribution < 1.29 is 4.74 Å². The number of aromatic nitrogens is 2. The van der Waals surface area contributed by atoms with Gasteiger partial charge in [-0.1, -0.05) is 24.3 Å². The van der Waals surface area contributed by atoms with Crippen molar-refractivity contribution in [1.82, 2.24) is 14.9 Å². The molecule has 0 saturated carbocycles. The van der Waals surface area contributed by atoms with E-state index in [2.05, 4.69) is 75.4 Å². The van der Waals surface area contributed by atoms with Gasteiger partial charge < -0.3 is 19.5 Å². The number of rotatable bonds is 5. The lowest BCUT2D eigenvalue weighted by atomic mass is 10.0. The summed E-state index contributed by atoms with van der Waals surface area (Å²) >= 11 is 5.85. The number of hydrogen-bond acceptors (Lipinski definition) is 3. The minimum atomic E-state index is -0.103. The van der Waals surface area contributed by atoms with Crippen molar-refractivity contribution in [3.05, 3.63) is 108 Å². The zero-order valence-electron chi connectivity index (χ0n) is 18.0. The van der Waals surface area contributed by atoms with Crippen LogP contribution in [0.5, 0.6) is 5.75 Å². The van der Waals surface area contributed by atoms with Gasteiger partial charge in [0.25, 0.3) is 0 Å². The van der Waals surface area contributed by atoms with Crippen LogP contribution in [0, 0.1) is 6.92 Å². The lowest BCUT2D eigenvalue weighted by molar-refractivity contribution is 0.414. The van der Waals surface area contributed by atoms with Crippen LogP contribution in [0.3, 0.4) is 0 Å². The fourth-order valence-electron chi connectivity index (χ4n) is 4.34. The molecule has 0 bridgehead atoms. The van der Waals surface area contributed by atoms with Crippen LogP contribution < -0.4 is 15.0 Å². The molecule has 6 heteroatoms. The Bertz CT molecular complexity index is 1250. The molecule has 1 saturated heterocycles. The van der Waals surface area contributed by atoms with Crippen molar-refractivity contribution >= 4 is 23.0 Å². The molecular formula is C26H24N4OS. The van der Waals surface area contributed by atoms with Crippen LogP contribution in [0.1, 0.15) is 29.0 Å². The fourth-order valence-corrected chi connectivity index (χ4v) is 4.69. The number of methoxy groups -OCH3 is 1. The third-order valence-corrected chi connectivity index (χ3v) is 6.11. The fraction of sp³-hybridized carbons (Fsp3) is 0.154. The Morgan fingerprint density at radius 3 is 2.56 bits per heavy atom. The quantitative estimate of drug-likeness (QED) is 0.423. The standard InChI is InChI=1S/C26H24N4OS/c1-18-8-5-9-19(16-18)29-15-7-13-23(29)25-24(22-12-3-4-14-27-22)28-26(32)30(25)20-10-6-11-21(17-20)31-2/h3-17,24-25H,1-2H3,(H,28,32)/t24-,25-/m1/s1. The van der Waals surface area contributed by atoms with Gasteiger partial charge in [-0.25, -0.2) is 0 Å². The molecule has 160 valence electrons. The summed E-state index contributed by atoms with van der Waals surface area (Å²) in [5.41, 5.74) is 5.38. The molecule has 1 N–H and O–H groups in total. The van der Waals surface area contributed by atoms with Gasteiger partial charge in [-0.15, -0.1) is 0 Å². The van der Waals surface area contributed by atoms with Gasteiger partial charge in [0.1, 0.15) is 11.8 Å². The molecule has 0 radical (unpaired) electrons. The summed E-state index contributed by atoms with van der Waals surface area (Å²) < 4.78 is 7.72. The molecule has 2 aromatic heterocycles. The number of nitrogens with one attached hydrogen (secondary N) is 1. The molecule has 0 amide bonds. The van der Waals surface area contributed by atoms with Crippen LogP contribution in [0.2, 0.25) is 0 Å². The van der Waals surface area contributed by atoms with Crippen LogP contribution in [0.25, 0.3) is 5.69 Å². The first-order valence-electron chi connectivity index (χ1n) is 10.5. The molecule has 0 unspecified atom stereocenters. The van der Waals surface area contributed by atoms with E-state index in [0.29, 0.717) is 5.11 Å². The number of anilines is 1. The predicted octanol–water partition coefficient (Wildman–Crippen LogP) is 5.37. The molecule has 0 spiro atoms. The van der Waals surface area contributed by atoms with E-state index >= 15 is 0 Å². The maximum Gasteiger partial charge on any atom is 0.174 e. The summed E-state index contributed by atoms with van der Waals surface area (Å²) in [6, 6.07) is 26.5. The van der Waals surface area contributed by atoms with E-state index in [-0.39, 0.29) is 12.1 Å². The smallest absolute Gasteiger partial charge is 0.174 e. The van der Waals surface area contributed by atoms with E-state index in [1.807, 2.05) is 42.6 Å². The van der Waals surface area contributed by atoms with Gasteiger partial charge in [0, 0.05) is 35.5 Å². The number of ether oxygens (including phenoxy) is 1. The molecule has 2 aromatic carbocycles. The number of nitrogens with zero attached hydrogens (tertiary/aromatic N) is 3. The maximum absolute atomic E-state index is 5.85. The molecule has 2 atom stereocenters. The summed E-state index contributed by atoms with van der Waals surface area (Å²) in [5, 5.41) is 4.19. The third kappa shape index (κ3) is 3.63. The second-order valence-corrected chi connectivity index (χ2v) is 8.23. The zero-order valence-corrected chi connectivity index (χ0v) is 18.8. The lowest BCUT2D eigenvalue weighted by Crippen LogP contribution is -2.30. The number of pyridine rings is 1. The average Bonchev–Trinajstić information content (AvgIpc) is 3.44. The number of hydrogen-bond donors (Lipinski definition) is 1. The molecule has 4 aromatic rings. The molecule has 5 rings (SSSR count). The first kappa shape index (κ1) is 20.3. The van der Waals surface area contributed by atoms with Gasteiger partial charge in [0.05, 0.1) is 18.8 Å². The Labute approximate surface area is 193 Å².